The van der Waals surface area contributed by atoms with Crippen LogP contribution >= 0.6 is 11.3 Å². The Labute approximate surface area is 139 Å². The third-order valence-electron chi connectivity index (χ3n) is 4.65. The van der Waals surface area contributed by atoms with E-state index in [1.165, 1.54) is 24.2 Å². The van der Waals surface area contributed by atoms with Gasteiger partial charge in [-0.15, -0.1) is 11.3 Å². The minimum atomic E-state index is -0.0200. The number of hydrogen-bond donors (Lipinski definition) is 1. The van der Waals surface area contributed by atoms with E-state index in [4.69, 9.17) is 9.72 Å². The number of fused-ring (bicyclic) bond motifs is 1. The van der Waals surface area contributed by atoms with Gasteiger partial charge in [-0.2, -0.15) is 0 Å². The van der Waals surface area contributed by atoms with E-state index in [1.807, 2.05) is 13.8 Å². The number of aromatic nitrogens is 2. The van der Waals surface area contributed by atoms with Crippen LogP contribution in [0.4, 0.5) is 0 Å². The Morgan fingerprint density at radius 2 is 2.13 bits per heavy atom. The predicted molar refractivity (Wildman–Crippen MR) is 90.2 cm³/mol. The Kier molecular flexibility index (Phi) is 3.81. The number of amides is 1. The van der Waals surface area contributed by atoms with E-state index in [1.54, 1.807) is 0 Å². The summed E-state index contributed by atoms with van der Waals surface area (Å²) < 4.78 is 5.56. The molecule has 0 spiro atoms. The zero-order chi connectivity index (χ0) is 16.0. The third kappa shape index (κ3) is 2.85. The van der Waals surface area contributed by atoms with Crippen LogP contribution in [0.25, 0.3) is 10.2 Å². The maximum absolute atomic E-state index is 12.5. The maximum Gasteiger partial charge on any atom is 0.261 e. The molecule has 2 aliphatic rings. The average molecular weight is 331 g/mol. The highest BCUT2D eigenvalue weighted by molar-refractivity contribution is 7.20. The molecule has 0 radical (unpaired) electrons. The van der Waals surface area contributed by atoms with Crippen molar-refractivity contribution in [2.45, 2.75) is 51.6 Å². The van der Waals surface area contributed by atoms with E-state index in [9.17, 15) is 4.79 Å². The molecule has 1 aliphatic heterocycles. The van der Waals surface area contributed by atoms with E-state index in [-0.39, 0.29) is 12.0 Å². The van der Waals surface area contributed by atoms with Gasteiger partial charge in [0.2, 0.25) is 0 Å². The first-order valence-corrected chi connectivity index (χ1v) is 9.12. The van der Waals surface area contributed by atoms with Crippen molar-refractivity contribution in [3.8, 4) is 0 Å². The lowest BCUT2D eigenvalue weighted by Crippen LogP contribution is -2.31. The topological polar surface area (TPSA) is 64.1 Å². The predicted octanol–water partition coefficient (Wildman–Crippen LogP) is 3.09. The van der Waals surface area contributed by atoms with Crippen molar-refractivity contribution in [2.24, 2.45) is 0 Å². The van der Waals surface area contributed by atoms with Gasteiger partial charge >= 0.3 is 0 Å². The summed E-state index contributed by atoms with van der Waals surface area (Å²) in [7, 11) is 0. The van der Waals surface area contributed by atoms with Gasteiger partial charge in [0.1, 0.15) is 10.7 Å². The number of ether oxygens (including phenoxy) is 1. The molecule has 1 aliphatic carbocycles. The second-order valence-corrected chi connectivity index (χ2v) is 7.52. The fraction of sp³-hybridized carbons (Fsp3) is 0.588. The summed E-state index contributed by atoms with van der Waals surface area (Å²) in [5.74, 6) is 1.45. The van der Waals surface area contributed by atoms with Gasteiger partial charge in [0.05, 0.1) is 16.7 Å². The van der Waals surface area contributed by atoms with Crippen molar-refractivity contribution in [1.82, 2.24) is 15.3 Å². The fourth-order valence-electron chi connectivity index (χ4n) is 3.19. The van der Waals surface area contributed by atoms with Crippen LogP contribution in [-0.4, -0.2) is 35.1 Å². The maximum atomic E-state index is 12.5. The molecule has 1 saturated carbocycles. The molecule has 2 aromatic heterocycles. The van der Waals surface area contributed by atoms with E-state index >= 15 is 0 Å². The summed E-state index contributed by atoms with van der Waals surface area (Å²) in [5, 5.41) is 4.05. The summed E-state index contributed by atoms with van der Waals surface area (Å²) >= 11 is 1.48. The minimum absolute atomic E-state index is 0.0200. The number of nitrogens with zero attached hydrogens (tertiary/aromatic N) is 2. The molecule has 0 unspecified atom stereocenters. The highest BCUT2D eigenvalue weighted by Crippen LogP contribution is 2.40. The van der Waals surface area contributed by atoms with Crippen LogP contribution in [0.5, 0.6) is 0 Å². The van der Waals surface area contributed by atoms with Crippen molar-refractivity contribution in [1.29, 1.82) is 0 Å². The Balaban J connectivity index is 1.60. The number of nitrogens with one attached hydrogen (secondary N) is 1. The van der Waals surface area contributed by atoms with Crippen LogP contribution in [0.15, 0.2) is 0 Å². The van der Waals surface area contributed by atoms with Crippen molar-refractivity contribution in [3.63, 3.8) is 0 Å². The minimum Gasteiger partial charge on any atom is -0.376 e. The monoisotopic (exact) mass is 331 g/mol. The van der Waals surface area contributed by atoms with Crippen molar-refractivity contribution in [2.75, 3.05) is 13.2 Å². The number of thiophene rings is 1. The van der Waals surface area contributed by atoms with Gasteiger partial charge in [-0.25, -0.2) is 9.97 Å². The van der Waals surface area contributed by atoms with Crippen molar-refractivity contribution >= 4 is 27.5 Å². The highest BCUT2D eigenvalue weighted by atomic mass is 32.1. The van der Waals surface area contributed by atoms with E-state index < -0.39 is 0 Å². The van der Waals surface area contributed by atoms with Crippen molar-refractivity contribution in [3.05, 3.63) is 22.0 Å². The van der Waals surface area contributed by atoms with Gasteiger partial charge in [0, 0.05) is 24.5 Å². The first-order chi connectivity index (χ1) is 11.1. The van der Waals surface area contributed by atoms with Gasteiger partial charge in [-0.05, 0) is 45.1 Å². The molecule has 1 amide bonds. The molecule has 122 valence electrons. The average Bonchev–Trinajstić information content (AvgIpc) is 3.15. The fourth-order valence-corrected chi connectivity index (χ4v) is 4.35. The quantitative estimate of drug-likeness (QED) is 0.935. The van der Waals surface area contributed by atoms with E-state index in [0.29, 0.717) is 12.5 Å². The number of hydrogen-bond acceptors (Lipinski definition) is 5. The molecule has 5 nitrogen and oxygen atoms in total. The Morgan fingerprint density at radius 3 is 2.83 bits per heavy atom. The van der Waals surface area contributed by atoms with Crippen LogP contribution in [-0.2, 0) is 4.74 Å². The first-order valence-electron chi connectivity index (χ1n) is 8.31. The van der Waals surface area contributed by atoms with Crippen LogP contribution in [0.1, 0.15) is 58.4 Å². The molecule has 4 rings (SSSR count). The second-order valence-electron chi connectivity index (χ2n) is 6.52. The third-order valence-corrected chi connectivity index (χ3v) is 5.84. The molecular formula is C17H21N3O2S. The zero-order valence-corrected chi connectivity index (χ0v) is 14.3. The molecule has 1 N–H and O–H groups in total. The molecule has 0 aromatic carbocycles. The largest absolute Gasteiger partial charge is 0.376 e. The smallest absolute Gasteiger partial charge is 0.261 e. The molecule has 2 aromatic rings. The van der Waals surface area contributed by atoms with Crippen LogP contribution in [0, 0.1) is 13.8 Å². The lowest BCUT2D eigenvalue weighted by Gasteiger charge is -2.10. The number of carbonyl (C=O) groups is 1. The van der Waals surface area contributed by atoms with Crippen LogP contribution in [0.2, 0.25) is 0 Å². The molecule has 6 heteroatoms. The molecule has 2 fully saturated rings. The first kappa shape index (κ1) is 15.0. The number of aryl methyl sites for hydroxylation is 2. The van der Waals surface area contributed by atoms with Gasteiger partial charge in [0.25, 0.3) is 5.91 Å². The Morgan fingerprint density at radius 1 is 1.30 bits per heavy atom. The standard InChI is InChI=1S/C17H21N3O2S/c1-9-13-10(2)19-15(11-5-6-11)20-17(13)23-14(9)16(21)18-8-12-4-3-7-22-12/h11-12H,3-8H2,1-2H3,(H,18,21)/t12-/m1/s1. The van der Waals surface area contributed by atoms with E-state index in [2.05, 4.69) is 10.3 Å². The Hall–Kier alpha value is -1.53. The summed E-state index contributed by atoms with van der Waals surface area (Å²) in [6.45, 7) is 5.41. The molecule has 23 heavy (non-hydrogen) atoms. The molecule has 0 bridgehead atoms. The highest BCUT2D eigenvalue weighted by Gasteiger charge is 2.28. The summed E-state index contributed by atoms with van der Waals surface area (Å²) in [6, 6.07) is 0. The molecule has 3 heterocycles. The Bertz CT molecular complexity index is 761. The van der Waals surface area contributed by atoms with Crippen LogP contribution in [0.3, 0.4) is 0 Å². The van der Waals surface area contributed by atoms with Crippen LogP contribution < -0.4 is 5.32 Å². The van der Waals surface area contributed by atoms with Crippen molar-refractivity contribution < 1.29 is 9.53 Å². The summed E-state index contributed by atoms with van der Waals surface area (Å²) in [6.07, 6.45) is 4.65. The number of rotatable bonds is 4. The SMILES string of the molecule is Cc1nc(C2CC2)nc2sc(C(=O)NC[C@H]3CCCO3)c(C)c12. The van der Waals surface area contributed by atoms with Gasteiger partial charge in [-0.3, -0.25) is 4.79 Å². The molecule has 1 atom stereocenters. The lowest BCUT2D eigenvalue weighted by atomic mass is 10.1. The molecule has 1 saturated heterocycles. The summed E-state index contributed by atoms with van der Waals surface area (Å²) in [5.41, 5.74) is 1.98. The lowest BCUT2D eigenvalue weighted by molar-refractivity contribution is 0.0860. The summed E-state index contributed by atoms with van der Waals surface area (Å²) in [4.78, 5) is 23.6. The number of carbonyl (C=O) groups excluding carboxylic acids is 1. The van der Waals surface area contributed by atoms with Gasteiger partial charge in [-0.1, -0.05) is 0 Å². The zero-order valence-electron chi connectivity index (χ0n) is 13.5. The van der Waals surface area contributed by atoms with E-state index in [0.717, 1.165) is 51.6 Å². The van der Waals surface area contributed by atoms with Gasteiger partial charge < -0.3 is 10.1 Å². The second kappa shape index (κ2) is 5.83. The normalized spacial score (nSPS) is 21.0. The van der Waals surface area contributed by atoms with Gasteiger partial charge in [0.15, 0.2) is 0 Å². The molecular weight excluding hydrogens is 310 g/mol.